The van der Waals surface area contributed by atoms with Crippen LogP contribution in [0.2, 0.25) is 0 Å². The summed E-state index contributed by atoms with van der Waals surface area (Å²) in [5, 5.41) is 14.0. The molecule has 0 aromatic carbocycles. The van der Waals surface area contributed by atoms with Crippen molar-refractivity contribution in [2.45, 2.75) is 26.3 Å². The first-order chi connectivity index (χ1) is 10.1. The summed E-state index contributed by atoms with van der Waals surface area (Å²) in [6, 6.07) is 1.38. The van der Waals surface area contributed by atoms with E-state index < -0.39 is 4.92 Å². The van der Waals surface area contributed by atoms with Crippen LogP contribution in [0.15, 0.2) is 12.3 Å². The first-order valence-electron chi connectivity index (χ1n) is 7.35. The summed E-state index contributed by atoms with van der Waals surface area (Å²) in [6.45, 7) is 4.82. The second kappa shape index (κ2) is 6.71. The first-order valence-corrected chi connectivity index (χ1v) is 7.35. The lowest BCUT2D eigenvalue weighted by Gasteiger charge is -2.32. The molecule has 0 radical (unpaired) electrons. The summed E-state index contributed by atoms with van der Waals surface area (Å²) < 4.78 is 1.65. The van der Waals surface area contributed by atoms with Gasteiger partial charge in [0, 0.05) is 25.7 Å². The predicted molar refractivity (Wildman–Crippen MR) is 79.3 cm³/mol. The van der Waals surface area contributed by atoms with E-state index in [0.29, 0.717) is 31.2 Å². The fourth-order valence-corrected chi connectivity index (χ4v) is 2.83. The normalized spacial score (nSPS) is 16.2. The molecule has 0 bridgehead atoms. The van der Waals surface area contributed by atoms with Gasteiger partial charge in [-0.05, 0) is 39.3 Å². The number of aromatic nitrogens is 1. The minimum Gasteiger partial charge on any atom is -0.337 e. The van der Waals surface area contributed by atoms with Gasteiger partial charge in [0.2, 0.25) is 0 Å². The molecule has 1 aliphatic heterocycles. The van der Waals surface area contributed by atoms with Gasteiger partial charge < -0.3 is 14.8 Å². The zero-order chi connectivity index (χ0) is 15.4. The van der Waals surface area contributed by atoms with Crippen molar-refractivity contribution in [2.24, 2.45) is 5.92 Å². The largest absolute Gasteiger partial charge is 0.337 e. The number of likely N-dealkylation sites (tertiary alicyclic amines) is 1. The van der Waals surface area contributed by atoms with E-state index in [1.54, 1.807) is 9.47 Å². The Kier molecular flexibility index (Phi) is 4.95. The summed E-state index contributed by atoms with van der Waals surface area (Å²) in [5.41, 5.74) is 0.390. The Morgan fingerprint density at radius 3 is 2.67 bits per heavy atom. The number of nitro groups is 1. The van der Waals surface area contributed by atoms with Crippen LogP contribution in [0.1, 0.15) is 30.3 Å². The number of hydrogen-bond donors (Lipinski definition) is 1. The Hall–Kier alpha value is -1.89. The molecule has 0 aliphatic carbocycles. The van der Waals surface area contributed by atoms with Crippen LogP contribution >= 0.6 is 0 Å². The summed E-state index contributed by atoms with van der Waals surface area (Å²) in [5.74, 6) is 0.499. The molecule has 7 heteroatoms. The number of aryl methyl sites for hydroxylation is 1. The Morgan fingerprint density at radius 1 is 1.48 bits per heavy atom. The van der Waals surface area contributed by atoms with Crippen molar-refractivity contribution in [3.05, 3.63) is 28.1 Å². The number of carbonyl (C=O) groups excluding carboxylic acids is 1. The Bertz CT molecular complexity index is 518. The number of piperidine rings is 1. The highest BCUT2D eigenvalue weighted by atomic mass is 16.6. The van der Waals surface area contributed by atoms with Gasteiger partial charge in [0.05, 0.1) is 11.1 Å². The van der Waals surface area contributed by atoms with E-state index in [1.165, 1.54) is 12.3 Å². The molecule has 116 valence electrons. The van der Waals surface area contributed by atoms with Crippen LogP contribution in [0, 0.1) is 16.0 Å². The third kappa shape index (κ3) is 3.41. The maximum absolute atomic E-state index is 12.5. The lowest BCUT2D eigenvalue weighted by Crippen LogP contribution is -2.41. The van der Waals surface area contributed by atoms with Crippen LogP contribution in [-0.2, 0) is 6.54 Å². The quantitative estimate of drug-likeness (QED) is 0.659. The number of carbonyl (C=O) groups is 1. The van der Waals surface area contributed by atoms with Crippen molar-refractivity contribution < 1.29 is 9.72 Å². The lowest BCUT2D eigenvalue weighted by molar-refractivity contribution is -0.384. The number of amides is 1. The van der Waals surface area contributed by atoms with E-state index in [2.05, 4.69) is 5.32 Å². The molecule has 1 amide bonds. The molecule has 1 aliphatic rings. The average Bonchev–Trinajstić information content (AvgIpc) is 2.92. The Labute approximate surface area is 124 Å². The lowest BCUT2D eigenvalue weighted by atomic mass is 9.96. The molecule has 2 heterocycles. The van der Waals surface area contributed by atoms with Crippen LogP contribution in [0.25, 0.3) is 0 Å². The third-order valence-electron chi connectivity index (χ3n) is 4.05. The maximum Gasteiger partial charge on any atom is 0.287 e. The highest BCUT2D eigenvalue weighted by Gasteiger charge is 2.26. The second-order valence-corrected chi connectivity index (χ2v) is 5.42. The molecule has 1 aromatic rings. The first kappa shape index (κ1) is 15.5. The zero-order valence-electron chi connectivity index (χ0n) is 12.5. The van der Waals surface area contributed by atoms with E-state index in [-0.39, 0.29) is 11.6 Å². The molecule has 1 aromatic heterocycles. The van der Waals surface area contributed by atoms with Gasteiger partial charge >= 0.3 is 0 Å². The molecule has 0 saturated carbocycles. The van der Waals surface area contributed by atoms with Gasteiger partial charge in [0.15, 0.2) is 0 Å². The number of rotatable bonds is 5. The van der Waals surface area contributed by atoms with E-state index in [0.717, 1.165) is 19.4 Å². The van der Waals surface area contributed by atoms with E-state index >= 15 is 0 Å². The molecular weight excluding hydrogens is 272 g/mol. The SMILES string of the molecule is CCn1cc([N+](=O)[O-])cc1C(=O)N1CCC(CNC)CC1. The van der Waals surface area contributed by atoms with Gasteiger partial charge in [-0.15, -0.1) is 0 Å². The maximum atomic E-state index is 12.5. The molecule has 7 nitrogen and oxygen atoms in total. The Morgan fingerprint density at radius 2 is 2.14 bits per heavy atom. The molecule has 0 unspecified atom stereocenters. The van der Waals surface area contributed by atoms with Crippen LogP contribution in [0.3, 0.4) is 0 Å². The van der Waals surface area contributed by atoms with Crippen molar-refractivity contribution in [1.82, 2.24) is 14.8 Å². The van der Waals surface area contributed by atoms with Gasteiger partial charge in [-0.25, -0.2) is 0 Å². The summed E-state index contributed by atoms with van der Waals surface area (Å²) >= 11 is 0. The van der Waals surface area contributed by atoms with Crippen LogP contribution in [0.4, 0.5) is 5.69 Å². The molecule has 1 N–H and O–H groups in total. The van der Waals surface area contributed by atoms with Crippen molar-refractivity contribution >= 4 is 11.6 Å². The molecule has 1 saturated heterocycles. The zero-order valence-corrected chi connectivity index (χ0v) is 12.5. The molecule has 0 spiro atoms. The topological polar surface area (TPSA) is 80.4 Å². The highest BCUT2D eigenvalue weighted by Crippen LogP contribution is 2.22. The van der Waals surface area contributed by atoms with E-state index in [1.807, 2.05) is 14.0 Å². The number of hydrogen-bond acceptors (Lipinski definition) is 4. The smallest absolute Gasteiger partial charge is 0.287 e. The van der Waals surface area contributed by atoms with Gasteiger partial charge in [-0.1, -0.05) is 0 Å². The minimum atomic E-state index is -0.456. The van der Waals surface area contributed by atoms with Crippen LogP contribution < -0.4 is 5.32 Å². The van der Waals surface area contributed by atoms with Gasteiger partial charge in [-0.3, -0.25) is 14.9 Å². The molecule has 0 atom stereocenters. The minimum absolute atomic E-state index is 0.0229. The molecule has 21 heavy (non-hydrogen) atoms. The van der Waals surface area contributed by atoms with Crippen molar-refractivity contribution in [1.29, 1.82) is 0 Å². The standard InChI is InChI=1S/C14H22N4O3/c1-3-16-10-12(18(20)21)8-13(16)14(19)17-6-4-11(5-7-17)9-15-2/h8,10-11,15H,3-7,9H2,1-2H3. The second-order valence-electron chi connectivity index (χ2n) is 5.42. The predicted octanol–water partition coefficient (Wildman–Crippen LogP) is 1.49. The van der Waals surface area contributed by atoms with Gasteiger partial charge in [-0.2, -0.15) is 0 Å². The number of nitrogens with one attached hydrogen (secondary N) is 1. The Balaban J connectivity index is 2.08. The van der Waals surface area contributed by atoms with Gasteiger partial charge in [0.25, 0.3) is 11.6 Å². The number of nitrogens with zero attached hydrogens (tertiary/aromatic N) is 3. The monoisotopic (exact) mass is 294 g/mol. The summed E-state index contributed by atoms with van der Waals surface area (Å²) in [4.78, 5) is 24.8. The third-order valence-corrected chi connectivity index (χ3v) is 4.05. The highest BCUT2D eigenvalue weighted by molar-refractivity contribution is 5.93. The fourth-order valence-electron chi connectivity index (χ4n) is 2.83. The molecular formula is C14H22N4O3. The van der Waals surface area contributed by atoms with E-state index in [4.69, 9.17) is 0 Å². The summed E-state index contributed by atoms with van der Waals surface area (Å²) in [7, 11) is 1.94. The van der Waals surface area contributed by atoms with Gasteiger partial charge in [0.1, 0.15) is 5.69 Å². The average molecular weight is 294 g/mol. The molecule has 2 rings (SSSR count). The molecule has 1 fully saturated rings. The van der Waals surface area contributed by atoms with Crippen molar-refractivity contribution in [2.75, 3.05) is 26.7 Å². The van der Waals surface area contributed by atoms with Crippen LogP contribution in [-0.4, -0.2) is 47.0 Å². The van der Waals surface area contributed by atoms with Crippen molar-refractivity contribution in [3.63, 3.8) is 0 Å². The fraction of sp³-hybridized carbons (Fsp3) is 0.643. The van der Waals surface area contributed by atoms with Crippen LogP contribution in [0.5, 0.6) is 0 Å². The van der Waals surface area contributed by atoms with E-state index in [9.17, 15) is 14.9 Å². The summed E-state index contributed by atoms with van der Waals surface area (Å²) in [6.07, 6.45) is 3.38. The van der Waals surface area contributed by atoms with Crippen molar-refractivity contribution in [3.8, 4) is 0 Å².